The van der Waals surface area contributed by atoms with Crippen LogP contribution in [0.3, 0.4) is 0 Å². The van der Waals surface area contributed by atoms with Crippen molar-refractivity contribution in [3.63, 3.8) is 0 Å². The van der Waals surface area contributed by atoms with Crippen molar-refractivity contribution in [3.8, 4) is 5.75 Å². The molecule has 2 heterocycles. The van der Waals surface area contributed by atoms with E-state index in [1.54, 1.807) is 28.6 Å². The number of pyridine rings is 1. The van der Waals surface area contributed by atoms with Crippen LogP contribution in [0.4, 0.5) is 0 Å². The van der Waals surface area contributed by atoms with E-state index in [0.29, 0.717) is 24.4 Å². The van der Waals surface area contributed by atoms with Gasteiger partial charge < -0.3 is 14.2 Å². The van der Waals surface area contributed by atoms with Gasteiger partial charge in [-0.15, -0.1) is 0 Å². The highest BCUT2D eigenvalue weighted by Gasteiger charge is 2.32. The molecule has 5 nitrogen and oxygen atoms in total. The Morgan fingerprint density at radius 3 is 2.50 bits per heavy atom. The smallest absolute Gasteiger partial charge is 0.254 e. The van der Waals surface area contributed by atoms with Crippen LogP contribution in [0, 0.1) is 6.92 Å². The van der Waals surface area contributed by atoms with Crippen LogP contribution in [0.1, 0.15) is 16.1 Å². The molecule has 0 spiro atoms. The van der Waals surface area contributed by atoms with E-state index in [0.717, 1.165) is 5.69 Å². The number of aryl methyl sites for hydroxylation is 1. The highest BCUT2D eigenvalue weighted by atomic mass is 16.5. The Bertz CT molecular complexity index is 746. The molecular formula is C17H18N2O3. The molecule has 1 fully saturated rings. The minimum absolute atomic E-state index is 0.0145. The first-order valence-corrected chi connectivity index (χ1v) is 7.23. The van der Waals surface area contributed by atoms with Gasteiger partial charge in [-0.2, -0.15) is 0 Å². The zero-order valence-electron chi connectivity index (χ0n) is 12.7. The van der Waals surface area contributed by atoms with Crippen molar-refractivity contribution < 1.29 is 9.53 Å². The molecule has 0 unspecified atom stereocenters. The lowest BCUT2D eigenvalue weighted by Gasteiger charge is -2.39. The van der Waals surface area contributed by atoms with Crippen molar-refractivity contribution in [1.29, 1.82) is 0 Å². The number of carbonyl (C=O) groups is 1. The van der Waals surface area contributed by atoms with Gasteiger partial charge in [-0.3, -0.25) is 9.59 Å². The van der Waals surface area contributed by atoms with Crippen molar-refractivity contribution in [1.82, 2.24) is 9.47 Å². The van der Waals surface area contributed by atoms with E-state index in [9.17, 15) is 9.59 Å². The molecule has 1 aromatic heterocycles. The van der Waals surface area contributed by atoms with Gasteiger partial charge in [-0.1, -0.05) is 18.2 Å². The average Bonchev–Trinajstić information content (AvgIpc) is 2.48. The standard InChI is InChI=1S/C17H18N2O3/c1-12-8-14(9-16(20)18(12)2)22-15-10-19(11-15)17(21)13-6-4-3-5-7-13/h3-9,15H,10-11H2,1-2H3. The molecule has 0 atom stereocenters. The van der Waals surface area contributed by atoms with Crippen LogP contribution in [0.25, 0.3) is 0 Å². The maximum atomic E-state index is 12.2. The number of rotatable bonds is 3. The molecule has 0 saturated carbocycles. The van der Waals surface area contributed by atoms with Gasteiger partial charge >= 0.3 is 0 Å². The first-order chi connectivity index (χ1) is 10.5. The van der Waals surface area contributed by atoms with Gasteiger partial charge in [-0.25, -0.2) is 0 Å². The Morgan fingerprint density at radius 1 is 1.18 bits per heavy atom. The van der Waals surface area contributed by atoms with Crippen LogP contribution in [0.2, 0.25) is 0 Å². The van der Waals surface area contributed by atoms with E-state index in [-0.39, 0.29) is 17.6 Å². The maximum absolute atomic E-state index is 12.2. The summed E-state index contributed by atoms with van der Waals surface area (Å²) in [6.07, 6.45) is -0.0563. The molecular weight excluding hydrogens is 280 g/mol. The summed E-state index contributed by atoms with van der Waals surface area (Å²) in [6.45, 7) is 2.95. The van der Waals surface area contributed by atoms with Crippen LogP contribution < -0.4 is 10.3 Å². The quantitative estimate of drug-likeness (QED) is 0.865. The summed E-state index contributed by atoms with van der Waals surface area (Å²) in [5, 5.41) is 0. The molecule has 0 aliphatic carbocycles. The molecule has 1 aliphatic rings. The second-order valence-electron chi connectivity index (χ2n) is 5.55. The summed E-state index contributed by atoms with van der Waals surface area (Å²) in [4.78, 5) is 25.7. The first-order valence-electron chi connectivity index (χ1n) is 7.23. The van der Waals surface area contributed by atoms with Crippen molar-refractivity contribution in [3.05, 3.63) is 64.1 Å². The Hall–Kier alpha value is -2.56. The van der Waals surface area contributed by atoms with Crippen molar-refractivity contribution in [2.45, 2.75) is 13.0 Å². The number of benzene rings is 1. The van der Waals surface area contributed by atoms with Gasteiger partial charge in [0.15, 0.2) is 0 Å². The summed E-state index contributed by atoms with van der Waals surface area (Å²) < 4.78 is 7.34. The monoisotopic (exact) mass is 298 g/mol. The molecule has 0 bridgehead atoms. The third-order valence-corrected chi connectivity index (χ3v) is 3.94. The minimum Gasteiger partial charge on any atom is -0.486 e. The predicted molar refractivity (Wildman–Crippen MR) is 83.2 cm³/mol. The van der Waals surface area contributed by atoms with Crippen LogP contribution in [-0.4, -0.2) is 34.6 Å². The van der Waals surface area contributed by atoms with E-state index < -0.39 is 0 Å². The van der Waals surface area contributed by atoms with Gasteiger partial charge in [-0.05, 0) is 25.1 Å². The molecule has 1 amide bonds. The summed E-state index contributed by atoms with van der Waals surface area (Å²) in [7, 11) is 1.73. The number of carbonyl (C=O) groups excluding carboxylic acids is 1. The van der Waals surface area contributed by atoms with E-state index in [4.69, 9.17) is 4.74 Å². The fourth-order valence-electron chi connectivity index (χ4n) is 2.44. The number of aromatic nitrogens is 1. The molecule has 0 N–H and O–H groups in total. The lowest BCUT2D eigenvalue weighted by atomic mass is 10.1. The third-order valence-electron chi connectivity index (χ3n) is 3.94. The van der Waals surface area contributed by atoms with Crippen LogP contribution in [0.5, 0.6) is 5.75 Å². The highest BCUT2D eigenvalue weighted by Crippen LogP contribution is 2.19. The average molecular weight is 298 g/mol. The van der Waals surface area contributed by atoms with Crippen LogP contribution in [-0.2, 0) is 7.05 Å². The number of hydrogen-bond donors (Lipinski definition) is 0. The molecule has 22 heavy (non-hydrogen) atoms. The topological polar surface area (TPSA) is 51.5 Å². The predicted octanol–water partition coefficient (Wildman–Crippen LogP) is 1.60. The van der Waals surface area contributed by atoms with Crippen LogP contribution in [0.15, 0.2) is 47.3 Å². The van der Waals surface area contributed by atoms with Gasteiger partial charge in [0.1, 0.15) is 11.9 Å². The van der Waals surface area contributed by atoms with Gasteiger partial charge in [0.05, 0.1) is 13.1 Å². The largest absolute Gasteiger partial charge is 0.486 e. The molecule has 5 heteroatoms. The normalized spacial score (nSPS) is 14.5. The number of amides is 1. The fraction of sp³-hybridized carbons (Fsp3) is 0.294. The molecule has 1 aliphatic heterocycles. The number of hydrogen-bond acceptors (Lipinski definition) is 3. The van der Waals surface area contributed by atoms with Crippen molar-refractivity contribution >= 4 is 5.91 Å². The lowest BCUT2D eigenvalue weighted by Crippen LogP contribution is -2.56. The molecule has 3 rings (SSSR count). The Balaban J connectivity index is 1.60. The minimum atomic E-state index is -0.0912. The van der Waals surface area contributed by atoms with Gasteiger partial charge in [0.25, 0.3) is 11.5 Å². The second-order valence-corrected chi connectivity index (χ2v) is 5.55. The summed E-state index contributed by atoms with van der Waals surface area (Å²) in [6, 6.07) is 12.5. The molecule has 1 saturated heterocycles. The van der Waals surface area contributed by atoms with Crippen molar-refractivity contribution in [2.24, 2.45) is 7.05 Å². The molecule has 2 aromatic rings. The van der Waals surface area contributed by atoms with Gasteiger partial charge in [0.2, 0.25) is 0 Å². The maximum Gasteiger partial charge on any atom is 0.254 e. The molecule has 1 aromatic carbocycles. The fourth-order valence-corrected chi connectivity index (χ4v) is 2.44. The molecule has 114 valence electrons. The first kappa shape index (κ1) is 14.4. The Kier molecular flexibility index (Phi) is 3.71. The summed E-state index contributed by atoms with van der Waals surface area (Å²) in [5.41, 5.74) is 1.44. The zero-order valence-corrected chi connectivity index (χ0v) is 12.7. The number of likely N-dealkylation sites (tertiary alicyclic amines) is 1. The van der Waals surface area contributed by atoms with E-state index in [1.807, 2.05) is 31.2 Å². The van der Waals surface area contributed by atoms with E-state index in [2.05, 4.69) is 0 Å². The van der Waals surface area contributed by atoms with E-state index in [1.165, 1.54) is 6.07 Å². The van der Waals surface area contributed by atoms with E-state index >= 15 is 0 Å². The third kappa shape index (κ3) is 2.74. The molecule has 0 radical (unpaired) electrons. The SMILES string of the molecule is Cc1cc(OC2CN(C(=O)c3ccccc3)C2)cc(=O)n1C. The summed E-state index contributed by atoms with van der Waals surface area (Å²) in [5.74, 6) is 0.581. The van der Waals surface area contributed by atoms with Gasteiger partial charge in [0, 0.05) is 24.4 Å². The zero-order chi connectivity index (χ0) is 15.7. The van der Waals surface area contributed by atoms with Crippen LogP contribution >= 0.6 is 0 Å². The Morgan fingerprint density at radius 2 is 1.86 bits per heavy atom. The van der Waals surface area contributed by atoms with Crippen molar-refractivity contribution in [2.75, 3.05) is 13.1 Å². The Labute approximate surface area is 128 Å². The number of nitrogens with zero attached hydrogens (tertiary/aromatic N) is 2. The highest BCUT2D eigenvalue weighted by molar-refractivity contribution is 5.94. The summed E-state index contributed by atoms with van der Waals surface area (Å²) >= 11 is 0. The number of ether oxygens (including phenoxy) is 1. The lowest BCUT2D eigenvalue weighted by molar-refractivity contribution is 0.0176. The second kappa shape index (κ2) is 5.67.